The Labute approximate surface area is 117 Å². The number of carbonyl (C=O) groups is 1. The van der Waals surface area contributed by atoms with E-state index in [0.717, 1.165) is 29.0 Å². The number of rotatable bonds is 5. The monoisotopic (exact) mass is 274 g/mol. The molecule has 0 bridgehead atoms. The molecule has 2 aromatic heterocycles. The van der Waals surface area contributed by atoms with Gasteiger partial charge in [-0.3, -0.25) is 9.78 Å². The van der Waals surface area contributed by atoms with Crippen LogP contribution in [0.25, 0.3) is 0 Å². The number of aryl methyl sites for hydroxylation is 1. The molecule has 2 aromatic rings. The molecule has 0 aliphatic carbocycles. The van der Waals surface area contributed by atoms with Gasteiger partial charge >= 0.3 is 0 Å². The van der Waals surface area contributed by atoms with Crippen LogP contribution in [0.1, 0.15) is 34.1 Å². The predicted octanol–water partition coefficient (Wildman–Crippen LogP) is 3.50. The summed E-state index contributed by atoms with van der Waals surface area (Å²) in [5, 5.41) is 1.97. The van der Waals surface area contributed by atoms with Crippen molar-refractivity contribution in [3.05, 3.63) is 52.0 Å². The minimum absolute atomic E-state index is 0.123. The van der Waals surface area contributed by atoms with Crippen molar-refractivity contribution in [2.75, 3.05) is 6.54 Å². The van der Waals surface area contributed by atoms with Gasteiger partial charge < -0.3 is 4.90 Å². The van der Waals surface area contributed by atoms with Crippen LogP contribution in [0.2, 0.25) is 0 Å². The Morgan fingerprint density at radius 3 is 2.84 bits per heavy atom. The predicted molar refractivity (Wildman–Crippen MR) is 78.3 cm³/mol. The number of amides is 1. The molecule has 0 saturated heterocycles. The summed E-state index contributed by atoms with van der Waals surface area (Å²) < 4.78 is 0. The maximum atomic E-state index is 12.5. The quantitative estimate of drug-likeness (QED) is 0.836. The molecule has 0 radical (unpaired) electrons. The van der Waals surface area contributed by atoms with Crippen LogP contribution in [-0.4, -0.2) is 22.3 Å². The molecule has 0 unspecified atom stereocenters. The van der Waals surface area contributed by atoms with Crippen molar-refractivity contribution in [3.63, 3.8) is 0 Å². The fraction of sp³-hybridized carbons (Fsp3) is 0.333. The van der Waals surface area contributed by atoms with Gasteiger partial charge in [-0.15, -0.1) is 11.3 Å². The number of hydrogen-bond acceptors (Lipinski definition) is 3. The van der Waals surface area contributed by atoms with E-state index < -0.39 is 0 Å². The van der Waals surface area contributed by atoms with Gasteiger partial charge in [-0.25, -0.2) is 0 Å². The standard InChI is InChI=1S/C15H18N2OS/c1-3-8-17(11-13-5-4-7-16-10-13)15(18)14-12(2)6-9-19-14/h4-7,9-10H,3,8,11H2,1-2H3. The number of aromatic nitrogens is 1. The van der Waals surface area contributed by atoms with E-state index in [4.69, 9.17) is 0 Å². The first-order chi connectivity index (χ1) is 9.22. The first kappa shape index (κ1) is 13.7. The molecule has 1 amide bonds. The second-order valence-electron chi connectivity index (χ2n) is 4.52. The molecule has 0 aliphatic rings. The summed E-state index contributed by atoms with van der Waals surface area (Å²) in [6, 6.07) is 5.90. The van der Waals surface area contributed by atoms with Crippen molar-refractivity contribution in [3.8, 4) is 0 Å². The van der Waals surface area contributed by atoms with E-state index in [0.29, 0.717) is 6.54 Å². The molecule has 0 spiro atoms. The van der Waals surface area contributed by atoms with Crippen LogP contribution in [0.3, 0.4) is 0 Å². The van der Waals surface area contributed by atoms with Crippen LogP contribution >= 0.6 is 11.3 Å². The summed E-state index contributed by atoms with van der Waals surface area (Å²) in [5.41, 5.74) is 2.13. The summed E-state index contributed by atoms with van der Waals surface area (Å²) in [5.74, 6) is 0.123. The van der Waals surface area contributed by atoms with Crippen LogP contribution in [0, 0.1) is 6.92 Å². The minimum Gasteiger partial charge on any atom is -0.334 e. The topological polar surface area (TPSA) is 33.2 Å². The van der Waals surface area contributed by atoms with E-state index in [-0.39, 0.29) is 5.91 Å². The normalized spacial score (nSPS) is 10.4. The van der Waals surface area contributed by atoms with E-state index in [1.165, 1.54) is 11.3 Å². The van der Waals surface area contributed by atoms with Gasteiger partial charge in [0.15, 0.2) is 0 Å². The highest BCUT2D eigenvalue weighted by atomic mass is 32.1. The van der Waals surface area contributed by atoms with E-state index in [2.05, 4.69) is 11.9 Å². The fourth-order valence-electron chi connectivity index (χ4n) is 1.97. The summed E-state index contributed by atoms with van der Waals surface area (Å²) in [6.07, 6.45) is 4.52. The maximum Gasteiger partial charge on any atom is 0.264 e. The highest BCUT2D eigenvalue weighted by molar-refractivity contribution is 7.12. The summed E-state index contributed by atoms with van der Waals surface area (Å²) in [7, 11) is 0. The highest BCUT2D eigenvalue weighted by Crippen LogP contribution is 2.19. The SMILES string of the molecule is CCCN(Cc1cccnc1)C(=O)c1sccc1C. The Hall–Kier alpha value is -1.68. The molecule has 0 aliphatic heterocycles. The lowest BCUT2D eigenvalue weighted by atomic mass is 10.2. The van der Waals surface area contributed by atoms with Gasteiger partial charge in [0.1, 0.15) is 0 Å². The Kier molecular flexibility index (Phi) is 4.68. The van der Waals surface area contributed by atoms with Crippen LogP contribution in [0.5, 0.6) is 0 Å². The zero-order valence-electron chi connectivity index (χ0n) is 11.3. The molecule has 0 N–H and O–H groups in total. The van der Waals surface area contributed by atoms with Gasteiger partial charge in [0, 0.05) is 25.5 Å². The largest absolute Gasteiger partial charge is 0.334 e. The van der Waals surface area contributed by atoms with E-state index in [1.54, 1.807) is 6.20 Å². The zero-order chi connectivity index (χ0) is 13.7. The number of pyridine rings is 1. The molecule has 100 valence electrons. The highest BCUT2D eigenvalue weighted by Gasteiger charge is 2.18. The van der Waals surface area contributed by atoms with Gasteiger partial charge in [0.05, 0.1) is 4.88 Å². The van der Waals surface area contributed by atoms with E-state index in [9.17, 15) is 4.79 Å². The van der Waals surface area contributed by atoms with Crippen molar-refractivity contribution in [1.29, 1.82) is 0 Å². The zero-order valence-corrected chi connectivity index (χ0v) is 12.1. The number of carbonyl (C=O) groups excluding carboxylic acids is 1. The summed E-state index contributed by atoms with van der Waals surface area (Å²) >= 11 is 1.52. The first-order valence-corrected chi connectivity index (χ1v) is 7.32. The van der Waals surface area contributed by atoms with Crippen LogP contribution < -0.4 is 0 Å². The molecule has 2 heterocycles. The molecule has 0 saturated carbocycles. The van der Waals surface area contributed by atoms with Crippen LogP contribution in [0.15, 0.2) is 36.0 Å². The fourth-order valence-corrected chi connectivity index (χ4v) is 2.86. The molecule has 0 atom stereocenters. The van der Waals surface area contributed by atoms with Crippen molar-refractivity contribution < 1.29 is 4.79 Å². The van der Waals surface area contributed by atoms with Crippen molar-refractivity contribution in [1.82, 2.24) is 9.88 Å². The maximum absolute atomic E-state index is 12.5. The Balaban J connectivity index is 2.16. The molecule has 0 fully saturated rings. The Morgan fingerprint density at radius 2 is 2.26 bits per heavy atom. The minimum atomic E-state index is 0.123. The Bertz CT molecular complexity index is 536. The molecule has 2 rings (SSSR count). The van der Waals surface area contributed by atoms with E-state index in [1.807, 2.05) is 41.6 Å². The number of nitrogens with zero attached hydrogens (tertiary/aromatic N) is 2. The molecular weight excluding hydrogens is 256 g/mol. The lowest BCUT2D eigenvalue weighted by Crippen LogP contribution is -2.31. The third kappa shape index (κ3) is 3.41. The van der Waals surface area contributed by atoms with Crippen molar-refractivity contribution in [2.24, 2.45) is 0 Å². The molecule has 19 heavy (non-hydrogen) atoms. The number of hydrogen-bond donors (Lipinski definition) is 0. The van der Waals surface area contributed by atoms with Gasteiger partial charge in [0.25, 0.3) is 5.91 Å². The third-order valence-electron chi connectivity index (χ3n) is 2.93. The second kappa shape index (κ2) is 6.48. The van der Waals surface area contributed by atoms with Crippen LogP contribution in [-0.2, 0) is 6.54 Å². The Morgan fingerprint density at radius 1 is 1.42 bits per heavy atom. The lowest BCUT2D eigenvalue weighted by Gasteiger charge is -2.21. The molecule has 0 aromatic carbocycles. The van der Waals surface area contributed by atoms with Crippen molar-refractivity contribution in [2.45, 2.75) is 26.8 Å². The van der Waals surface area contributed by atoms with Gasteiger partial charge in [0.2, 0.25) is 0 Å². The molecule has 3 nitrogen and oxygen atoms in total. The average molecular weight is 274 g/mol. The van der Waals surface area contributed by atoms with Gasteiger partial charge in [-0.1, -0.05) is 13.0 Å². The van der Waals surface area contributed by atoms with Gasteiger partial charge in [-0.2, -0.15) is 0 Å². The lowest BCUT2D eigenvalue weighted by molar-refractivity contribution is 0.0747. The molecular formula is C15H18N2OS. The first-order valence-electron chi connectivity index (χ1n) is 6.44. The average Bonchev–Trinajstić information content (AvgIpc) is 2.85. The van der Waals surface area contributed by atoms with E-state index >= 15 is 0 Å². The summed E-state index contributed by atoms with van der Waals surface area (Å²) in [4.78, 5) is 19.4. The molecule has 4 heteroatoms. The smallest absolute Gasteiger partial charge is 0.264 e. The number of thiophene rings is 1. The van der Waals surface area contributed by atoms with Crippen LogP contribution in [0.4, 0.5) is 0 Å². The van der Waals surface area contributed by atoms with Gasteiger partial charge in [-0.05, 0) is 42.0 Å². The second-order valence-corrected chi connectivity index (χ2v) is 5.44. The summed E-state index contributed by atoms with van der Waals surface area (Å²) in [6.45, 7) is 5.46. The third-order valence-corrected chi connectivity index (χ3v) is 3.94. The van der Waals surface area contributed by atoms with Crippen molar-refractivity contribution >= 4 is 17.2 Å².